The van der Waals surface area contributed by atoms with Gasteiger partial charge in [-0.1, -0.05) is 0 Å². The van der Waals surface area contributed by atoms with Gasteiger partial charge in [0.15, 0.2) is 0 Å². The predicted octanol–water partition coefficient (Wildman–Crippen LogP) is 1.81. The number of rotatable bonds is 2. The van der Waals surface area contributed by atoms with Gasteiger partial charge in [0, 0.05) is 30.7 Å². The Hall–Kier alpha value is -0.0800. The van der Waals surface area contributed by atoms with Gasteiger partial charge in [0.25, 0.3) is 0 Å². The highest BCUT2D eigenvalue weighted by Crippen LogP contribution is 2.24. The average molecular weight is 184 g/mol. The molecule has 2 heteroatoms. The zero-order valence-corrected chi connectivity index (χ0v) is 9.96. The van der Waals surface area contributed by atoms with E-state index in [-0.39, 0.29) is 0 Å². The molecule has 0 aliphatic carbocycles. The summed E-state index contributed by atoms with van der Waals surface area (Å²) < 4.78 is 0. The molecule has 0 saturated carbocycles. The molecule has 1 rings (SSSR count). The smallest absolute Gasteiger partial charge is 0.0350 e. The molecular formula is C11H24N2. The Morgan fingerprint density at radius 3 is 2.00 bits per heavy atom. The summed E-state index contributed by atoms with van der Waals surface area (Å²) in [5.41, 5.74) is 0.355. The maximum atomic E-state index is 2.54. The minimum Gasteiger partial charge on any atom is -0.298 e. The predicted molar refractivity (Wildman–Crippen MR) is 58.0 cm³/mol. The highest BCUT2D eigenvalue weighted by atomic mass is 15.3. The van der Waals surface area contributed by atoms with Gasteiger partial charge in [-0.2, -0.15) is 0 Å². The van der Waals surface area contributed by atoms with Gasteiger partial charge in [-0.3, -0.25) is 9.80 Å². The van der Waals surface area contributed by atoms with Crippen LogP contribution < -0.4 is 0 Å². The van der Waals surface area contributed by atoms with Crippen LogP contribution in [0, 0.1) is 0 Å². The average Bonchev–Trinajstić information content (AvgIpc) is 1.79. The van der Waals surface area contributed by atoms with Crippen LogP contribution in [0.4, 0.5) is 0 Å². The molecule has 0 atom stereocenters. The molecule has 13 heavy (non-hydrogen) atoms. The van der Waals surface area contributed by atoms with E-state index in [1.807, 2.05) is 0 Å². The van der Waals surface area contributed by atoms with Crippen molar-refractivity contribution in [2.75, 3.05) is 20.1 Å². The summed E-state index contributed by atoms with van der Waals surface area (Å²) in [4.78, 5) is 5.01. The molecule has 1 saturated heterocycles. The van der Waals surface area contributed by atoms with Gasteiger partial charge in [-0.15, -0.1) is 0 Å². The molecule has 1 heterocycles. The highest BCUT2D eigenvalue weighted by Gasteiger charge is 2.36. The summed E-state index contributed by atoms with van der Waals surface area (Å²) in [7, 11) is 2.23. The van der Waals surface area contributed by atoms with Crippen molar-refractivity contribution in [1.82, 2.24) is 9.80 Å². The van der Waals surface area contributed by atoms with Gasteiger partial charge in [-0.05, 0) is 41.7 Å². The van der Waals surface area contributed by atoms with E-state index in [0.717, 1.165) is 6.04 Å². The molecule has 0 aromatic heterocycles. The zero-order valence-electron chi connectivity index (χ0n) is 9.96. The van der Waals surface area contributed by atoms with E-state index in [1.165, 1.54) is 13.1 Å². The van der Waals surface area contributed by atoms with E-state index < -0.39 is 0 Å². The van der Waals surface area contributed by atoms with E-state index in [9.17, 15) is 0 Å². The molecule has 0 radical (unpaired) electrons. The van der Waals surface area contributed by atoms with Gasteiger partial charge >= 0.3 is 0 Å². The third-order valence-corrected chi connectivity index (χ3v) is 3.20. The van der Waals surface area contributed by atoms with E-state index in [1.54, 1.807) is 0 Å². The molecule has 0 N–H and O–H groups in total. The van der Waals surface area contributed by atoms with Crippen molar-refractivity contribution in [2.24, 2.45) is 0 Å². The van der Waals surface area contributed by atoms with E-state index in [0.29, 0.717) is 11.6 Å². The lowest BCUT2D eigenvalue weighted by Gasteiger charge is -2.51. The summed E-state index contributed by atoms with van der Waals surface area (Å²) in [5.74, 6) is 0. The molecule has 1 aliphatic heterocycles. The molecule has 0 amide bonds. The molecule has 1 aliphatic rings. The van der Waals surface area contributed by atoms with Crippen LogP contribution in [0.25, 0.3) is 0 Å². The highest BCUT2D eigenvalue weighted by molar-refractivity contribution is 4.93. The van der Waals surface area contributed by atoms with E-state index >= 15 is 0 Å². The summed E-state index contributed by atoms with van der Waals surface area (Å²) in [6.45, 7) is 13.9. The largest absolute Gasteiger partial charge is 0.298 e. The van der Waals surface area contributed by atoms with Crippen molar-refractivity contribution >= 4 is 0 Å². The molecule has 0 aromatic carbocycles. The monoisotopic (exact) mass is 184 g/mol. The second-order valence-corrected chi connectivity index (χ2v) is 5.49. The quantitative estimate of drug-likeness (QED) is 0.646. The fourth-order valence-electron chi connectivity index (χ4n) is 1.68. The van der Waals surface area contributed by atoms with Gasteiger partial charge < -0.3 is 0 Å². The van der Waals surface area contributed by atoms with Crippen molar-refractivity contribution in [3.05, 3.63) is 0 Å². The van der Waals surface area contributed by atoms with Crippen LogP contribution >= 0.6 is 0 Å². The third kappa shape index (κ3) is 2.44. The first-order valence-electron chi connectivity index (χ1n) is 5.29. The van der Waals surface area contributed by atoms with Crippen molar-refractivity contribution in [1.29, 1.82) is 0 Å². The van der Waals surface area contributed by atoms with Crippen LogP contribution in [0.15, 0.2) is 0 Å². The standard InChI is InChI=1S/C11H24N2/c1-9(2)12(6)10-7-13(8-10)11(3,4)5/h9-10H,7-8H2,1-6H3. The fourth-order valence-corrected chi connectivity index (χ4v) is 1.68. The van der Waals surface area contributed by atoms with Gasteiger partial charge in [-0.25, -0.2) is 0 Å². The SMILES string of the molecule is CC(C)N(C)C1CN(C(C)(C)C)C1. The summed E-state index contributed by atoms with van der Waals surface area (Å²) >= 11 is 0. The van der Waals surface area contributed by atoms with Crippen LogP contribution in [-0.4, -0.2) is 47.6 Å². The Kier molecular flexibility index (Phi) is 3.03. The van der Waals surface area contributed by atoms with Gasteiger partial charge in [0.1, 0.15) is 0 Å². The fraction of sp³-hybridized carbons (Fsp3) is 1.00. The topological polar surface area (TPSA) is 6.48 Å². The maximum absolute atomic E-state index is 2.54. The second kappa shape index (κ2) is 3.58. The van der Waals surface area contributed by atoms with Crippen LogP contribution in [0.1, 0.15) is 34.6 Å². The Morgan fingerprint density at radius 2 is 1.69 bits per heavy atom. The zero-order chi connectivity index (χ0) is 10.2. The van der Waals surface area contributed by atoms with Crippen molar-refractivity contribution in [3.8, 4) is 0 Å². The number of hydrogen-bond acceptors (Lipinski definition) is 2. The maximum Gasteiger partial charge on any atom is 0.0350 e. The van der Waals surface area contributed by atoms with Crippen molar-refractivity contribution in [2.45, 2.75) is 52.2 Å². The number of hydrogen-bond donors (Lipinski definition) is 0. The molecule has 2 nitrogen and oxygen atoms in total. The Labute approximate surface area is 82.9 Å². The van der Waals surface area contributed by atoms with Crippen LogP contribution in [0.5, 0.6) is 0 Å². The van der Waals surface area contributed by atoms with Crippen LogP contribution in [0.3, 0.4) is 0 Å². The second-order valence-electron chi connectivity index (χ2n) is 5.49. The van der Waals surface area contributed by atoms with Gasteiger partial charge in [0.2, 0.25) is 0 Å². The lowest BCUT2D eigenvalue weighted by Crippen LogP contribution is -2.64. The molecule has 0 bridgehead atoms. The van der Waals surface area contributed by atoms with Crippen LogP contribution in [0.2, 0.25) is 0 Å². The first-order valence-corrected chi connectivity index (χ1v) is 5.29. The summed E-state index contributed by atoms with van der Waals surface area (Å²) in [6, 6.07) is 1.45. The minimum absolute atomic E-state index is 0.355. The molecule has 0 aromatic rings. The molecule has 78 valence electrons. The third-order valence-electron chi connectivity index (χ3n) is 3.20. The minimum atomic E-state index is 0.355. The molecule has 0 spiro atoms. The molecule has 0 unspecified atom stereocenters. The van der Waals surface area contributed by atoms with Crippen LogP contribution in [-0.2, 0) is 0 Å². The van der Waals surface area contributed by atoms with Crippen molar-refractivity contribution < 1.29 is 0 Å². The first-order chi connectivity index (χ1) is 5.82. The summed E-state index contributed by atoms with van der Waals surface area (Å²) in [5, 5.41) is 0. The Morgan fingerprint density at radius 1 is 1.23 bits per heavy atom. The lowest BCUT2D eigenvalue weighted by molar-refractivity contribution is -0.0224. The normalized spacial score (nSPS) is 21.2. The number of nitrogens with zero attached hydrogens (tertiary/aromatic N) is 2. The van der Waals surface area contributed by atoms with E-state index in [4.69, 9.17) is 0 Å². The van der Waals surface area contributed by atoms with Crippen molar-refractivity contribution in [3.63, 3.8) is 0 Å². The van der Waals surface area contributed by atoms with E-state index in [2.05, 4.69) is 51.5 Å². The first kappa shape index (κ1) is 11.0. The summed E-state index contributed by atoms with van der Waals surface area (Å²) in [6.07, 6.45) is 0. The molecule has 1 fully saturated rings. The number of likely N-dealkylation sites (tertiary alicyclic amines) is 1. The Balaban J connectivity index is 2.33. The number of likely N-dealkylation sites (N-methyl/N-ethyl adjacent to an activating group) is 1. The lowest BCUT2D eigenvalue weighted by atomic mass is 9.96. The Bertz CT molecular complexity index is 163. The molecular weight excluding hydrogens is 160 g/mol. The van der Waals surface area contributed by atoms with Gasteiger partial charge in [0.05, 0.1) is 0 Å².